The summed E-state index contributed by atoms with van der Waals surface area (Å²) in [6.07, 6.45) is 0. The van der Waals surface area contributed by atoms with Crippen LogP contribution in [0.15, 0.2) is 51.4 Å². The zero-order valence-electron chi connectivity index (χ0n) is 15.1. The van der Waals surface area contributed by atoms with Crippen molar-refractivity contribution in [1.82, 2.24) is 9.71 Å². The highest BCUT2D eigenvalue weighted by molar-refractivity contribution is 7.89. The number of nitrogens with zero attached hydrogens (tertiary/aromatic N) is 1. The lowest BCUT2D eigenvalue weighted by Gasteiger charge is -2.13. The van der Waals surface area contributed by atoms with Crippen LogP contribution in [0, 0.1) is 0 Å². The number of carbonyl (C=O) groups is 1. The highest BCUT2D eigenvalue weighted by Crippen LogP contribution is 2.26. The van der Waals surface area contributed by atoms with Crippen LogP contribution >= 0.6 is 22.7 Å². The van der Waals surface area contributed by atoms with Crippen molar-refractivity contribution in [1.29, 1.82) is 0 Å². The Kier molecular flexibility index (Phi) is 6.45. The Morgan fingerprint density at radius 1 is 1.21 bits per heavy atom. The zero-order valence-corrected chi connectivity index (χ0v) is 17.6. The van der Waals surface area contributed by atoms with Gasteiger partial charge in [-0.1, -0.05) is 0 Å². The van der Waals surface area contributed by atoms with Gasteiger partial charge in [-0.05, 0) is 42.6 Å². The van der Waals surface area contributed by atoms with Crippen LogP contribution < -0.4 is 9.46 Å². The lowest BCUT2D eigenvalue weighted by atomic mass is 10.3. The number of hydrogen-bond donors (Lipinski definition) is 1. The number of benzene rings is 1. The second-order valence-electron chi connectivity index (χ2n) is 5.78. The number of nitrogens with one attached hydrogen (secondary N) is 1. The molecule has 0 aliphatic heterocycles. The Morgan fingerprint density at radius 2 is 1.96 bits per heavy atom. The summed E-state index contributed by atoms with van der Waals surface area (Å²) in [4.78, 5) is 16.6. The second kappa shape index (κ2) is 8.82. The molecule has 148 valence electrons. The minimum Gasteiger partial charge on any atom is -0.497 e. The molecule has 3 aromatic rings. The van der Waals surface area contributed by atoms with Crippen LogP contribution in [0.4, 0.5) is 0 Å². The highest BCUT2D eigenvalue weighted by atomic mass is 32.2. The maximum atomic E-state index is 12.4. The minimum atomic E-state index is -3.86. The number of aromatic nitrogens is 1. The van der Waals surface area contributed by atoms with Crippen LogP contribution in [0.3, 0.4) is 0 Å². The number of esters is 1. The standard InChI is InChI=1S/C18H18N2O5S3/c1-12(20-28(22,23)16-5-3-15(24-2)4-6-16)18(21)25-9-14-11-27-17(19-14)13-7-8-26-10-13/h3-8,10-12,20H,9H2,1-2H3/t12-/m1/s1. The van der Waals surface area contributed by atoms with Gasteiger partial charge in [0.1, 0.15) is 23.4 Å². The number of carbonyl (C=O) groups excluding carboxylic acids is 1. The molecule has 28 heavy (non-hydrogen) atoms. The maximum Gasteiger partial charge on any atom is 0.324 e. The van der Waals surface area contributed by atoms with Gasteiger partial charge in [0.25, 0.3) is 0 Å². The molecule has 2 heterocycles. The first-order valence-corrected chi connectivity index (χ1v) is 11.5. The molecule has 0 aliphatic carbocycles. The fraction of sp³-hybridized carbons (Fsp3) is 0.222. The number of sulfonamides is 1. The molecule has 0 radical (unpaired) electrons. The maximum absolute atomic E-state index is 12.4. The molecule has 7 nitrogen and oxygen atoms in total. The normalized spacial score (nSPS) is 12.5. The molecule has 0 aliphatic rings. The molecule has 0 spiro atoms. The van der Waals surface area contributed by atoms with Gasteiger partial charge in [-0.15, -0.1) is 11.3 Å². The fourth-order valence-corrected chi connectivity index (χ4v) is 4.97. The Labute approximate surface area is 171 Å². The number of methoxy groups -OCH3 is 1. The van der Waals surface area contributed by atoms with Gasteiger partial charge >= 0.3 is 5.97 Å². The monoisotopic (exact) mass is 438 g/mol. The van der Waals surface area contributed by atoms with E-state index in [1.54, 1.807) is 11.3 Å². The predicted molar refractivity (Wildman–Crippen MR) is 108 cm³/mol. The van der Waals surface area contributed by atoms with Crippen molar-refractivity contribution in [2.45, 2.75) is 24.5 Å². The molecule has 2 aromatic heterocycles. The van der Waals surface area contributed by atoms with E-state index in [0.717, 1.165) is 10.6 Å². The summed E-state index contributed by atoms with van der Waals surface area (Å²) in [6, 6.07) is 6.80. The molecule has 1 N–H and O–H groups in total. The van der Waals surface area contributed by atoms with Crippen molar-refractivity contribution in [3.63, 3.8) is 0 Å². The molecule has 0 fully saturated rings. The minimum absolute atomic E-state index is 0.0198. The summed E-state index contributed by atoms with van der Waals surface area (Å²) < 4.78 is 37.3. The van der Waals surface area contributed by atoms with E-state index in [9.17, 15) is 13.2 Å². The van der Waals surface area contributed by atoms with Crippen molar-refractivity contribution in [3.8, 4) is 16.3 Å². The number of thiophene rings is 1. The number of thiazole rings is 1. The first-order chi connectivity index (χ1) is 13.4. The SMILES string of the molecule is COc1ccc(S(=O)(=O)N[C@H](C)C(=O)OCc2csc(-c3ccsc3)n2)cc1. The van der Waals surface area contributed by atoms with Gasteiger partial charge < -0.3 is 9.47 Å². The highest BCUT2D eigenvalue weighted by Gasteiger charge is 2.23. The Morgan fingerprint density at radius 3 is 2.61 bits per heavy atom. The smallest absolute Gasteiger partial charge is 0.324 e. The summed E-state index contributed by atoms with van der Waals surface area (Å²) in [5.74, 6) is -0.140. The van der Waals surface area contributed by atoms with E-state index in [4.69, 9.17) is 9.47 Å². The summed E-state index contributed by atoms with van der Waals surface area (Å²) in [5.41, 5.74) is 1.64. The van der Waals surface area contributed by atoms with Crippen molar-refractivity contribution < 1.29 is 22.7 Å². The number of ether oxygens (including phenoxy) is 2. The van der Waals surface area contributed by atoms with Crippen LogP contribution in [0.5, 0.6) is 5.75 Å². The van der Waals surface area contributed by atoms with Gasteiger partial charge in [0.2, 0.25) is 10.0 Å². The quantitative estimate of drug-likeness (QED) is 0.543. The van der Waals surface area contributed by atoms with Crippen LogP contribution in [0.1, 0.15) is 12.6 Å². The molecular weight excluding hydrogens is 420 g/mol. The molecule has 0 saturated carbocycles. The van der Waals surface area contributed by atoms with Crippen molar-refractivity contribution in [2.75, 3.05) is 7.11 Å². The van der Waals surface area contributed by atoms with E-state index < -0.39 is 22.0 Å². The lowest BCUT2D eigenvalue weighted by molar-refractivity contribution is -0.146. The fourth-order valence-electron chi connectivity index (χ4n) is 2.27. The average molecular weight is 439 g/mol. The van der Waals surface area contributed by atoms with E-state index in [2.05, 4.69) is 9.71 Å². The second-order valence-corrected chi connectivity index (χ2v) is 9.13. The molecule has 10 heteroatoms. The molecule has 1 aromatic carbocycles. The lowest BCUT2D eigenvalue weighted by Crippen LogP contribution is -2.39. The van der Waals surface area contributed by atoms with E-state index in [1.807, 2.05) is 22.2 Å². The van der Waals surface area contributed by atoms with Crippen LogP contribution in [-0.2, 0) is 26.2 Å². The molecule has 0 saturated heterocycles. The van der Waals surface area contributed by atoms with Crippen molar-refractivity contribution in [3.05, 3.63) is 52.2 Å². The van der Waals surface area contributed by atoms with Crippen molar-refractivity contribution >= 4 is 38.7 Å². The summed E-state index contributed by atoms with van der Waals surface area (Å²) >= 11 is 3.04. The van der Waals surface area contributed by atoms with Gasteiger partial charge in [-0.3, -0.25) is 4.79 Å². The van der Waals surface area contributed by atoms with E-state index in [1.165, 1.54) is 49.6 Å². The van der Waals surface area contributed by atoms with Crippen LogP contribution in [-0.4, -0.2) is 32.5 Å². The molecule has 0 amide bonds. The van der Waals surface area contributed by atoms with Crippen LogP contribution in [0.2, 0.25) is 0 Å². The Bertz CT molecular complexity index is 1030. The van der Waals surface area contributed by atoms with Gasteiger partial charge in [0.15, 0.2) is 0 Å². The molecule has 1 atom stereocenters. The van der Waals surface area contributed by atoms with Gasteiger partial charge in [0.05, 0.1) is 17.7 Å². The first kappa shape index (κ1) is 20.5. The Hall–Kier alpha value is -2.27. The van der Waals surface area contributed by atoms with Crippen molar-refractivity contribution in [2.24, 2.45) is 0 Å². The summed E-state index contributed by atoms with van der Waals surface area (Å²) in [7, 11) is -2.37. The number of hydrogen-bond acceptors (Lipinski definition) is 8. The Balaban J connectivity index is 1.56. The topological polar surface area (TPSA) is 94.6 Å². The van der Waals surface area contributed by atoms with E-state index in [0.29, 0.717) is 11.4 Å². The third-order valence-electron chi connectivity index (χ3n) is 3.74. The zero-order chi connectivity index (χ0) is 20.1. The van der Waals surface area contributed by atoms with E-state index in [-0.39, 0.29) is 11.5 Å². The van der Waals surface area contributed by atoms with Gasteiger partial charge in [0, 0.05) is 16.3 Å². The third-order valence-corrected chi connectivity index (χ3v) is 6.92. The third kappa shape index (κ3) is 4.96. The summed E-state index contributed by atoms with van der Waals surface area (Å²) in [6.45, 7) is 1.41. The van der Waals surface area contributed by atoms with Gasteiger partial charge in [-0.25, -0.2) is 13.4 Å². The largest absolute Gasteiger partial charge is 0.497 e. The molecule has 0 bridgehead atoms. The predicted octanol–water partition coefficient (Wildman–Crippen LogP) is 3.29. The van der Waals surface area contributed by atoms with Crippen LogP contribution in [0.25, 0.3) is 10.6 Å². The molecular formula is C18H18N2O5S3. The summed E-state index contributed by atoms with van der Waals surface area (Å²) in [5, 5.41) is 6.62. The number of rotatable bonds is 8. The first-order valence-electron chi connectivity index (χ1n) is 8.19. The molecule has 3 rings (SSSR count). The van der Waals surface area contributed by atoms with E-state index >= 15 is 0 Å². The molecule has 0 unspecified atom stereocenters. The average Bonchev–Trinajstić information content (AvgIpc) is 3.37. The van der Waals surface area contributed by atoms with Gasteiger partial charge in [-0.2, -0.15) is 16.1 Å².